The van der Waals surface area contributed by atoms with Crippen molar-refractivity contribution in [3.63, 3.8) is 0 Å². The average Bonchev–Trinajstić information content (AvgIpc) is 2.76. The highest BCUT2D eigenvalue weighted by molar-refractivity contribution is 7.88. The Labute approximate surface area is 189 Å². The molecule has 1 fully saturated rings. The van der Waals surface area contributed by atoms with Crippen LogP contribution in [0, 0.1) is 0 Å². The normalized spacial score (nSPS) is 19.6. The van der Waals surface area contributed by atoms with E-state index in [4.69, 9.17) is 4.74 Å². The first-order valence-electron chi connectivity index (χ1n) is 10.4. The van der Waals surface area contributed by atoms with Gasteiger partial charge in [0.1, 0.15) is 11.3 Å². The number of nitrogens with zero attached hydrogens (tertiary/aromatic N) is 2. The molecule has 2 aromatic rings. The fraction of sp³-hybridized carbons (Fsp3) is 0.391. The first kappa shape index (κ1) is 23.7. The van der Waals surface area contributed by atoms with Gasteiger partial charge in [0, 0.05) is 19.6 Å². The molecule has 0 aliphatic carbocycles. The van der Waals surface area contributed by atoms with Crippen LogP contribution >= 0.6 is 0 Å². The van der Waals surface area contributed by atoms with E-state index in [1.807, 2.05) is 61.5 Å². The molecule has 1 aliphatic heterocycles. The lowest BCUT2D eigenvalue weighted by atomic mass is 9.94. The van der Waals surface area contributed by atoms with Gasteiger partial charge in [0.05, 0.1) is 19.4 Å². The third-order valence-corrected chi connectivity index (χ3v) is 6.72. The van der Waals surface area contributed by atoms with Crippen molar-refractivity contribution in [2.75, 3.05) is 26.0 Å². The molecule has 1 heterocycles. The Balaban J connectivity index is 1.86. The maximum Gasteiger partial charge on any atom is 0.247 e. The fourth-order valence-electron chi connectivity index (χ4n) is 3.70. The number of nitrogens with one attached hydrogen (secondary N) is 1. The van der Waals surface area contributed by atoms with Crippen molar-refractivity contribution in [2.45, 2.75) is 32.5 Å². The Bertz CT molecular complexity index is 1060. The van der Waals surface area contributed by atoms with Crippen LogP contribution in [0.25, 0.3) is 0 Å². The van der Waals surface area contributed by atoms with E-state index in [-0.39, 0.29) is 26.2 Å². The highest BCUT2D eigenvalue weighted by Crippen LogP contribution is 2.27. The Morgan fingerprint density at radius 2 is 1.75 bits per heavy atom. The number of amides is 2. The summed E-state index contributed by atoms with van der Waals surface area (Å²) in [5.41, 5.74) is 0.354. The molecular weight excluding hydrogens is 430 g/mol. The van der Waals surface area contributed by atoms with Crippen molar-refractivity contribution >= 4 is 21.8 Å². The van der Waals surface area contributed by atoms with Gasteiger partial charge in [0.2, 0.25) is 21.8 Å². The van der Waals surface area contributed by atoms with Gasteiger partial charge < -0.3 is 15.0 Å². The number of piperazine rings is 1. The number of sulfonamides is 1. The van der Waals surface area contributed by atoms with Gasteiger partial charge >= 0.3 is 0 Å². The smallest absolute Gasteiger partial charge is 0.247 e. The van der Waals surface area contributed by atoms with Crippen molar-refractivity contribution in [1.29, 1.82) is 0 Å². The number of benzene rings is 2. The van der Waals surface area contributed by atoms with E-state index >= 15 is 0 Å². The van der Waals surface area contributed by atoms with E-state index in [9.17, 15) is 18.0 Å². The number of rotatable bonds is 8. The van der Waals surface area contributed by atoms with Gasteiger partial charge in [-0.2, -0.15) is 4.31 Å². The number of hydrogen-bond donors (Lipinski definition) is 1. The lowest BCUT2D eigenvalue weighted by Gasteiger charge is -2.46. The molecule has 3 rings (SSSR count). The largest absolute Gasteiger partial charge is 0.494 e. The van der Waals surface area contributed by atoms with E-state index < -0.39 is 27.4 Å². The number of hydrogen-bond acceptors (Lipinski definition) is 5. The van der Waals surface area contributed by atoms with Gasteiger partial charge in [-0.3, -0.25) is 9.59 Å². The van der Waals surface area contributed by atoms with Crippen LogP contribution in [0.4, 0.5) is 0 Å². The molecule has 1 aliphatic rings. The predicted molar refractivity (Wildman–Crippen MR) is 121 cm³/mol. The van der Waals surface area contributed by atoms with Crippen molar-refractivity contribution in [2.24, 2.45) is 0 Å². The molecule has 8 nitrogen and oxygen atoms in total. The van der Waals surface area contributed by atoms with E-state index in [2.05, 4.69) is 5.32 Å². The van der Waals surface area contributed by atoms with Gasteiger partial charge in [0.25, 0.3) is 0 Å². The molecule has 172 valence electrons. The van der Waals surface area contributed by atoms with Crippen LogP contribution in [-0.4, -0.2) is 60.9 Å². The molecule has 1 saturated heterocycles. The molecule has 0 saturated carbocycles. The summed E-state index contributed by atoms with van der Waals surface area (Å²) in [4.78, 5) is 27.8. The molecule has 0 unspecified atom stereocenters. The highest BCUT2D eigenvalue weighted by atomic mass is 32.2. The fourth-order valence-corrected chi connectivity index (χ4v) is 4.53. The molecular formula is C23H29N3O5S. The minimum absolute atomic E-state index is 0.116. The maximum atomic E-state index is 13.3. The van der Waals surface area contributed by atoms with E-state index in [1.165, 1.54) is 4.90 Å². The minimum Gasteiger partial charge on any atom is -0.494 e. The standard InChI is InChI=1S/C23H29N3O5S/c1-4-31-20-12-10-19(11-13-20)15-26-21(27)16-25(32(3,29)30)17-23(26,2)22(28)24-14-18-8-6-5-7-9-18/h5-13H,4,14-17H2,1-3H3,(H,24,28)/t23-/m0/s1. The Hall–Kier alpha value is -2.91. The summed E-state index contributed by atoms with van der Waals surface area (Å²) in [6.45, 7) is 4.10. The molecule has 2 aromatic carbocycles. The summed E-state index contributed by atoms with van der Waals surface area (Å²) in [5, 5.41) is 2.87. The molecule has 32 heavy (non-hydrogen) atoms. The Kier molecular flexibility index (Phi) is 7.20. The van der Waals surface area contributed by atoms with Gasteiger partial charge in [0.15, 0.2) is 0 Å². The summed E-state index contributed by atoms with van der Waals surface area (Å²) < 4.78 is 30.9. The second kappa shape index (κ2) is 9.70. The zero-order chi connectivity index (χ0) is 23.4. The Morgan fingerprint density at radius 3 is 2.34 bits per heavy atom. The average molecular weight is 460 g/mol. The molecule has 0 bridgehead atoms. The van der Waals surface area contributed by atoms with Gasteiger partial charge in [-0.1, -0.05) is 42.5 Å². The predicted octanol–water partition coefficient (Wildman–Crippen LogP) is 1.76. The van der Waals surface area contributed by atoms with E-state index in [1.54, 1.807) is 6.92 Å². The lowest BCUT2D eigenvalue weighted by molar-refractivity contribution is -0.153. The van der Waals surface area contributed by atoms with Crippen molar-refractivity contribution in [3.05, 3.63) is 65.7 Å². The topological polar surface area (TPSA) is 96.0 Å². The zero-order valence-corrected chi connectivity index (χ0v) is 19.4. The molecule has 0 radical (unpaired) electrons. The third kappa shape index (κ3) is 5.46. The zero-order valence-electron chi connectivity index (χ0n) is 18.6. The number of carbonyl (C=O) groups is 2. The number of ether oxygens (including phenoxy) is 1. The number of carbonyl (C=O) groups excluding carboxylic acids is 2. The molecule has 0 spiro atoms. The molecule has 2 amide bonds. The second-order valence-corrected chi connectivity index (χ2v) is 10.0. The SMILES string of the molecule is CCOc1ccc(CN2C(=O)CN(S(C)(=O)=O)C[C@@]2(C)C(=O)NCc2ccccc2)cc1. The highest BCUT2D eigenvalue weighted by Gasteiger charge is 2.49. The third-order valence-electron chi connectivity index (χ3n) is 5.52. The molecule has 9 heteroatoms. The van der Waals surface area contributed by atoms with Crippen LogP contribution in [0.15, 0.2) is 54.6 Å². The molecule has 1 N–H and O–H groups in total. The summed E-state index contributed by atoms with van der Waals surface area (Å²) >= 11 is 0. The van der Waals surface area contributed by atoms with Crippen LogP contribution in [0.3, 0.4) is 0 Å². The quantitative estimate of drug-likeness (QED) is 0.649. The lowest BCUT2D eigenvalue weighted by Crippen LogP contribution is -2.69. The Morgan fingerprint density at radius 1 is 1.09 bits per heavy atom. The molecule has 1 atom stereocenters. The van der Waals surface area contributed by atoms with Crippen LogP contribution < -0.4 is 10.1 Å². The van der Waals surface area contributed by atoms with Gasteiger partial charge in [-0.05, 0) is 37.1 Å². The first-order chi connectivity index (χ1) is 15.1. The summed E-state index contributed by atoms with van der Waals surface area (Å²) in [6.07, 6.45) is 1.05. The van der Waals surface area contributed by atoms with Crippen molar-refractivity contribution in [1.82, 2.24) is 14.5 Å². The maximum absolute atomic E-state index is 13.3. The second-order valence-electron chi connectivity index (χ2n) is 8.03. The summed E-state index contributed by atoms with van der Waals surface area (Å²) in [5.74, 6) is -0.116. The van der Waals surface area contributed by atoms with Crippen molar-refractivity contribution in [3.8, 4) is 5.75 Å². The van der Waals surface area contributed by atoms with E-state index in [0.717, 1.165) is 21.7 Å². The van der Waals surface area contributed by atoms with E-state index in [0.29, 0.717) is 12.4 Å². The van der Waals surface area contributed by atoms with Crippen molar-refractivity contribution < 1.29 is 22.7 Å². The van der Waals surface area contributed by atoms with Gasteiger partial charge in [-0.15, -0.1) is 0 Å². The first-order valence-corrected chi connectivity index (χ1v) is 12.3. The van der Waals surface area contributed by atoms with Gasteiger partial charge in [-0.25, -0.2) is 8.42 Å². The van der Waals surface area contributed by atoms with Crippen LogP contribution in [-0.2, 0) is 32.7 Å². The monoisotopic (exact) mass is 459 g/mol. The van der Waals surface area contributed by atoms with Crippen LogP contribution in [0.5, 0.6) is 5.75 Å². The summed E-state index contributed by atoms with van der Waals surface area (Å²) in [6, 6.07) is 16.7. The van der Waals surface area contributed by atoms with Crippen LogP contribution in [0.1, 0.15) is 25.0 Å². The van der Waals surface area contributed by atoms with Crippen LogP contribution in [0.2, 0.25) is 0 Å². The molecule has 0 aromatic heterocycles. The summed E-state index contributed by atoms with van der Waals surface area (Å²) in [7, 11) is -3.65. The minimum atomic E-state index is -3.65.